The van der Waals surface area contributed by atoms with E-state index in [1.165, 1.54) is 24.5 Å². The molecule has 0 aliphatic carbocycles. The standard InChI is InChI=1S/C17H10Cl2F2N4O/c18-11-5-4-10(6-12(11)19)24-16(26)9-7-22-17(23-8-9)25-15-13(20)2-1-3-14(15)21/h1-8H,(H,24,26)(H,22,23,25). The van der Waals surface area contributed by atoms with Crippen LogP contribution in [0, 0.1) is 11.6 Å². The monoisotopic (exact) mass is 394 g/mol. The zero-order chi connectivity index (χ0) is 18.7. The van der Waals surface area contributed by atoms with E-state index in [0.717, 1.165) is 12.1 Å². The fourth-order valence-corrected chi connectivity index (χ4v) is 2.31. The summed E-state index contributed by atoms with van der Waals surface area (Å²) in [7, 11) is 0. The molecule has 0 bridgehead atoms. The molecule has 132 valence electrons. The lowest BCUT2D eigenvalue weighted by Gasteiger charge is -2.08. The maximum Gasteiger partial charge on any atom is 0.258 e. The highest BCUT2D eigenvalue weighted by molar-refractivity contribution is 6.42. The van der Waals surface area contributed by atoms with Crippen LogP contribution in [0.1, 0.15) is 10.4 Å². The van der Waals surface area contributed by atoms with E-state index in [-0.39, 0.29) is 17.2 Å². The van der Waals surface area contributed by atoms with Gasteiger partial charge in [0.1, 0.15) is 17.3 Å². The Morgan fingerprint density at radius 1 is 0.962 bits per heavy atom. The first kappa shape index (κ1) is 18.0. The predicted molar refractivity (Wildman–Crippen MR) is 96.1 cm³/mol. The smallest absolute Gasteiger partial charge is 0.258 e. The largest absolute Gasteiger partial charge is 0.322 e. The molecule has 0 radical (unpaired) electrons. The Labute approximate surface area is 157 Å². The SMILES string of the molecule is O=C(Nc1ccc(Cl)c(Cl)c1)c1cnc(Nc2c(F)cccc2F)nc1. The zero-order valence-electron chi connectivity index (χ0n) is 12.9. The van der Waals surface area contributed by atoms with Gasteiger partial charge < -0.3 is 10.6 Å². The number of hydrogen-bond donors (Lipinski definition) is 2. The fraction of sp³-hybridized carbons (Fsp3) is 0. The van der Waals surface area contributed by atoms with E-state index >= 15 is 0 Å². The normalized spacial score (nSPS) is 10.5. The fourth-order valence-electron chi connectivity index (χ4n) is 2.02. The zero-order valence-corrected chi connectivity index (χ0v) is 14.4. The van der Waals surface area contributed by atoms with Crippen LogP contribution < -0.4 is 10.6 Å². The van der Waals surface area contributed by atoms with Gasteiger partial charge in [-0.3, -0.25) is 4.79 Å². The van der Waals surface area contributed by atoms with Gasteiger partial charge in [0.25, 0.3) is 5.91 Å². The number of rotatable bonds is 4. The molecule has 0 spiro atoms. The lowest BCUT2D eigenvalue weighted by Crippen LogP contribution is -2.13. The van der Waals surface area contributed by atoms with Gasteiger partial charge in [-0.1, -0.05) is 29.3 Å². The van der Waals surface area contributed by atoms with Gasteiger partial charge in [0, 0.05) is 18.1 Å². The van der Waals surface area contributed by atoms with E-state index in [4.69, 9.17) is 23.2 Å². The molecule has 1 amide bonds. The Morgan fingerprint density at radius 2 is 1.62 bits per heavy atom. The Bertz CT molecular complexity index is 947. The minimum absolute atomic E-state index is 0.0555. The van der Waals surface area contributed by atoms with Gasteiger partial charge in [0.15, 0.2) is 0 Å². The minimum Gasteiger partial charge on any atom is -0.322 e. The number of benzene rings is 2. The highest BCUT2D eigenvalue weighted by Gasteiger charge is 2.12. The average Bonchev–Trinajstić information content (AvgIpc) is 2.62. The van der Waals surface area contributed by atoms with Crippen LogP contribution in [-0.2, 0) is 0 Å². The van der Waals surface area contributed by atoms with Gasteiger partial charge in [0.2, 0.25) is 5.95 Å². The molecule has 2 aromatic carbocycles. The summed E-state index contributed by atoms with van der Waals surface area (Å²) in [5.74, 6) is -2.10. The van der Waals surface area contributed by atoms with Crippen molar-refractivity contribution < 1.29 is 13.6 Å². The number of halogens is 4. The van der Waals surface area contributed by atoms with E-state index in [1.807, 2.05) is 0 Å². The van der Waals surface area contributed by atoms with Crippen LogP contribution in [0.15, 0.2) is 48.8 Å². The summed E-state index contributed by atoms with van der Waals surface area (Å²) in [4.78, 5) is 20.0. The van der Waals surface area contributed by atoms with Crippen LogP contribution in [0.2, 0.25) is 10.0 Å². The summed E-state index contributed by atoms with van der Waals surface area (Å²) in [6, 6.07) is 8.08. The van der Waals surface area contributed by atoms with Crippen LogP contribution in [0.25, 0.3) is 0 Å². The topological polar surface area (TPSA) is 66.9 Å². The summed E-state index contributed by atoms with van der Waals surface area (Å²) in [5, 5.41) is 5.71. The molecule has 0 saturated heterocycles. The van der Waals surface area contributed by atoms with Crippen molar-refractivity contribution in [3.8, 4) is 0 Å². The van der Waals surface area contributed by atoms with Crippen molar-refractivity contribution in [2.75, 3.05) is 10.6 Å². The number of amides is 1. The first-order chi connectivity index (χ1) is 12.4. The van der Waals surface area contributed by atoms with Crippen LogP contribution >= 0.6 is 23.2 Å². The molecule has 2 N–H and O–H groups in total. The van der Waals surface area contributed by atoms with Gasteiger partial charge in [-0.2, -0.15) is 0 Å². The molecule has 1 aromatic heterocycles. The second kappa shape index (κ2) is 7.63. The number of hydrogen-bond acceptors (Lipinski definition) is 4. The molecule has 0 atom stereocenters. The van der Waals surface area contributed by atoms with Gasteiger partial charge in [-0.15, -0.1) is 0 Å². The Hall–Kier alpha value is -2.77. The Balaban J connectivity index is 1.72. The molecule has 3 rings (SSSR count). The second-order valence-electron chi connectivity index (χ2n) is 5.10. The number of aromatic nitrogens is 2. The van der Waals surface area contributed by atoms with E-state index in [9.17, 15) is 13.6 Å². The summed E-state index contributed by atoms with van der Waals surface area (Å²) in [6.07, 6.45) is 2.45. The molecule has 0 fully saturated rings. The quantitative estimate of drug-likeness (QED) is 0.648. The third-order valence-electron chi connectivity index (χ3n) is 3.29. The lowest BCUT2D eigenvalue weighted by atomic mass is 10.2. The van der Waals surface area contributed by atoms with E-state index in [2.05, 4.69) is 20.6 Å². The number of anilines is 3. The number of carbonyl (C=O) groups is 1. The molecule has 9 heteroatoms. The third-order valence-corrected chi connectivity index (χ3v) is 4.03. The number of nitrogens with one attached hydrogen (secondary N) is 2. The molecule has 0 aliphatic rings. The molecule has 5 nitrogen and oxygen atoms in total. The van der Waals surface area contributed by atoms with Gasteiger partial charge in [-0.25, -0.2) is 18.7 Å². The van der Waals surface area contributed by atoms with E-state index < -0.39 is 17.5 Å². The van der Waals surface area contributed by atoms with Crippen molar-refractivity contribution in [3.63, 3.8) is 0 Å². The highest BCUT2D eigenvalue weighted by Crippen LogP contribution is 2.25. The van der Waals surface area contributed by atoms with Crippen molar-refractivity contribution in [1.29, 1.82) is 0 Å². The van der Waals surface area contributed by atoms with E-state index in [0.29, 0.717) is 15.7 Å². The summed E-state index contributed by atoms with van der Waals surface area (Å²) < 4.78 is 27.2. The summed E-state index contributed by atoms with van der Waals surface area (Å²) in [6.45, 7) is 0. The van der Waals surface area contributed by atoms with Gasteiger partial charge >= 0.3 is 0 Å². The van der Waals surface area contributed by atoms with Crippen molar-refractivity contribution in [2.45, 2.75) is 0 Å². The molecule has 0 aliphatic heterocycles. The van der Waals surface area contributed by atoms with Gasteiger partial charge in [0.05, 0.1) is 15.6 Å². The number of carbonyl (C=O) groups excluding carboxylic acids is 1. The lowest BCUT2D eigenvalue weighted by molar-refractivity contribution is 0.102. The van der Waals surface area contributed by atoms with Crippen LogP contribution in [-0.4, -0.2) is 15.9 Å². The third kappa shape index (κ3) is 4.07. The first-order valence-electron chi connectivity index (χ1n) is 7.23. The summed E-state index contributed by atoms with van der Waals surface area (Å²) >= 11 is 11.7. The predicted octanol–water partition coefficient (Wildman–Crippen LogP) is 5.06. The highest BCUT2D eigenvalue weighted by atomic mass is 35.5. The van der Waals surface area contributed by atoms with Crippen molar-refractivity contribution in [2.24, 2.45) is 0 Å². The number of para-hydroxylation sites is 1. The molecule has 26 heavy (non-hydrogen) atoms. The molecule has 1 heterocycles. The minimum atomic E-state index is -0.782. The average molecular weight is 395 g/mol. The maximum absolute atomic E-state index is 13.6. The number of nitrogens with zero attached hydrogens (tertiary/aromatic N) is 2. The Kier molecular flexibility index (Phi) is 5.29. The molecule has 0 saturated carbocycles. The van der Waals surface area contributed by atoms with Crippen molar-refractivity contribution >= 4 is 46.4 Å². The van der Waals surface area contributed by atoms with Crippen LogP contribution in [0.4, 0.5) is 26.1 Å². The molecular formula is C17H10Cl2F2N4O. The molecular weight excluding hydrogens is 385 g/mol. The van der Waals surface area contributed by atoms with Crippen molar-refractivity contribution in [1.82, 2.24) is 9.97 Å². The van der Waals surface area contributed by atoms with E-state index in [1.54, 1.807) is 12.1 Å². The molecule has 0 unspecified atom stereocenters. The molecule has 3 aromatic rings. The second-order valence-corrected chi connectivity index (χ2v) is 5.91. The van der Waals surface area contributed by atoms with Crippen molar-refractivity contribution in [3.05, 3.63) is 76.0 Å². The van der Waals surface area contributed by atoms with Crippen LogP contribution in [0.3, 0.4) is 0 Å². The summed E-state index contributed by atoms with van der Waals surface area (Å²) in [5.41, 5.74) is 0.219. The first-order valence-corrected chi connectivity index (χ1v) is 7.99. The Morgan fingerprint density at radius 3 is 2.23 bits per heavy atom. The van der Waals surface area contributed by atoms with Crippen LogP contribution in [0.5, 0.6) is 0 Å². The van der Waals surface area contributed by atoms with Gasteiger partial charge in [-0.05, 0) is 30.3 Å². The maximum atomic E-state index is 13.6.